The summed E-state index contributed by atoms with van der Waals surface area (Å²) in [5.74, 6) is -1.30. The van der Waals surface area contributed by atoms with Gasteiger partial charge in [-0.2, -0.15) is 0 Å². The Morgan fingerprint density at radius 1 is 1.04 bits per heavy atom. The second-order valence-electron chi connectivity index (χ2n) is 6.59. The molecule has 1 aliphatic rings. The maximum absolute atomic E-state index is 10.1. The molecule has 3 heteroatoms. The van der Waals surface area contributed by atoms with Crippen molar-refractivity contribution in [1.29, 1.82) is 0 Å². The van der Waals surface area contributed by atoms with E-state index in [2.05, 4.69) is 19.1 Å². The van der Waals surface area contributed by atoms with Gasteiger partial charge in [-0.3, -0.25) is 0 Å². The highest BCUT2D eigenvalue weighted by Gasteiger charge is 2.28. The summed E-state index contributed by atoms with van der Waals surface area (Å²) in [5, 5.41) is 19.7. The van der Waals surface area contributed by atoms with E-state index in [0.717, 1.165) is 12.0 Å². The van der Waals surface area contributed by atoms with Crippen molar-refractivity contribution in [1.82, 2.24) is 0 Å². The van der Waals surface area contributed by atoms with Gasteiger partial charge in [-0.1, -0.05) is 81.9 Å². The van der Waals surface area contributed by atoms with Gasteiger partial charge in [0.25, 0.3) is 0 Å². The van der Waals surface area contributed by atoms with Crippen LogP contribution < -0.4 is 0 Å². The number of hydrogen-bond donors (Lipinski definition) is 2. The first kappa shape index (κ1) is 21.5. The molecule has 140 valence electrons. The fourth-order valence-corrected chi connectivity index (χ4v) is 2.77. The molecule has 0 bridgehead atoms. The van der Waals surface area contributed by atoms with E-state index < -0.39 is 5.79 Å². The van der Waals surface area contributed by atoms with Crippen molar-refractivity contribution in [3.05, 3.63) is 59.9 Å². The highest BCUT2D eigenvalue weighted by atomic mass is 16.6. The molecular weight excluding hydrogens is 312 g/mol. The number of aliphatic hydroxyl groups excluding tert-OH is 1. The van der Waals surface area contributed by atoms with E-state index >= 15 is 0 Å². The molecule has 2 N–H and O–H groups in total. The van der Waals surface area contributed by atoms with Crippen LogP contribution in [0, 0.1) is 0 Å². The van der Waals surface area contributed by atoms with Gasteiger partial charge in [0.05, 0.1) is 12.2 Å². The molecule has 3 nitrogen and oxygen atoms in total. The number of allylic oxidation sites excluding steroid dienone is 8. The van der Waals surface area contributed by atoms with Crippen LogP contribution in [0.5, 0.6) is 0 Å². The van der Waals surface area contributed by atoms with Crippen LogP contribution in [-0.2, 0) is 4.74 Å². The van der Waals surface area contributed by atoms with Gasteiger partial charge in [-0.05, 0) is 30.6 Å². The molecule has 0 aromatic heterocycles. The molecule has 0 spiro atoms. The summed E-state index contributed by atoms with van der Waals surface area (Å²) >= 11 is 0. The van der Waals surface area contributed by atoms with Crippen LogP contribution in [0.15, 0.2) is 59.9 Å². The predicted molar refractivity (Wildman–Crippen MR) is 105 cm³/mol. The zero-order chi connectivity index (χ0) is 18.4. The third-order valence-corrected chi connectivity index (χ3v) is 4.25. The van der Waals surface area contributed by atoms with Crippen molar-refractivity contribution < 1.29 is 14.9 Å². The molecule has 0 saturated carbocycles. The molecule has 0 heterocycles. The van der Waals surface area contributed by atoms with Crippen molar-refractivity contribution >= 4 is 0 Å². The van der Waals surface area contributed by atoms with Crippen molar-refractivity contribution in [3.8, 4) is 0 Å². The Kier molecular flexibility index (Phi) is 10.9. The molecule has 1 aliphatic carbocycles. The summed E-state index contributed by atoms with van der Waals surface area (Å²) in [7, 11) is 1.42. The standard InChI is InChI=1S/C22H34O3/c1-3-4-5-6-7-8-9-10-11-12-13-14-15-16-20-17-21(23)19-22(24,18-20)25-2/h11-18,23-24H,3-10,19H2,1-2H3. The van der Waals surface area contributed by atoms with Gasteiger partial charge in [-0.25, -0.2) is 0 Å². The monoisotopic (exact) mass is 346 g/mol. The summed E-state index contributed by atoms with van der Waals surface area (Å²) < 4.78 is 5.01. The SMILES string of the molecule is CCCCCCCCCC=CC=CC=CC1=CC(O)(OC)CC(O)=C1. The van der Waals surface area contributed by atoms with E-state index in [-0.39, 0.29) is 12.2 Å². The van der Waals surface area contributed by atoms with Crippen molar-refractivity contribution in [2.75, 3.05) is 7.11 Å². The van der Waals surface area contributed by atoms with Gasteiger partial charge in [0.1, 0.15) is 0 Å². The largest absolute Gasteiger partial charge is 0.512 e. The quantitative estimate of drug-likeness (QED) is 0.263. The second-order valence-corrected chi connectivity index (χ2v) is 6.59. The fourth-order valence-electron chi connectivity index (χ4n) is 2.77. The van der Waals surface area contributed by atoms with E-state index in [9.17, 15) is 10.2 Å². The maximum atomic E-state index is 10.1. The van der Waals surface area contributed by atoms with Gasteiger partial charge in [0.2, 0.25) is 0 Å². The van der Waals surface area contributed by atoms with Crippen LogP contribution in [0.25, 0.3) is 0 Å². The van der Waals surface area contributed by atoms with E-state index in [1.807, 2.05) is 24.3 Å². The topological polar surface area (TPSA) is 49.7 Å². The molecule has 0 saturated heterocycles. The summed E-state index contributed by atoms with van der Waals surface area (Å²) in [4.78, 5) is 0. The van der Waals surface area contributed by atoms with Crippen LogP contribution in [0.1, 0.15) is 64.7 Å². The van der Waals surface area contributed by atoms with Crippen LogP contribution in [0.2, 0.25) is 0 Å². The number of rotatable bonds is 12. The molecule has 1 unspecified atom stereocenters. The summed E-state index contributed by atoms with van der Waals surface area (Å²) in [5.41, 5.74) is 0.727. The van der Waals surface area contributed by atoms with Crippen molar-refractivity contribution in [2.24, 2.45) is 0 Å². The highest BCUT2D eigenvalue weighted by Crippen LogP contribution is 2.26. The zero-order valence-corrected chi connectivity index (χ0v) is 15.8. The Balaban J connectivity index is 2.21. The smallest absolute Gasteiger partial charge is 0.192 e. The number of methoxy groups -OCH3 is 1. The van der Waals surface area contributed by atoms with Crippen LogP contribution in [0.3, 0.4) is 0 Å². The first-order chi connectivity index (χ1) is 12.1. The normalized spacial score (nSPS) is 21.4. The molecule has 0 aromatic rings. The Bertz CT molecular complexity index is 511. The average molecular weight is 347 g/mol. The Morgan fingerprint density at radius 2 is 1.72 bits per heavy atom. The molecule has 1 rings (SSSR count). The minimum atomic E-state index is -1.42. The van der Waals surface area contributed by atoms with Gasteiger partial charge < -0.3 is 14.9 Å². The van der Waals surface area contributed by atoms with E-state index in [4.69, 9.17) is 4.74 Å². The third-order valence-electron chi connectivity index (χ3n) is 4.25. The Labute approximate surface area is 153 Å². The molecular formula is C22H34O3. The minimum absolute atomic E-state index is 0.0814. The van der Waals surface area contributed by atoms with E-state index in [0.29, 0.717) is 0 Å². The second kappa shape index (κ2) is 12.7. The maximum Gasteiger partial charge on any atom is 0.192 e. The van der Waals surface area contributed by atoms with Crippen LogP contribution in [-0.4, -0.2) is 23.1 Å². The minimum Gasteiger partial charge on any atom is -0.512 e. The van der Waals surface area contributed by atoms with Crippen molar-refractivity contribution in [3.63, 3.8) is 0 Å². The van der Waals surface area contributed by atoms with Crippen molar-refractivity contribution in [2.45, 2.75) is 70.5 Å². The summed E-state index contributed by atoms with van der Waals surface area (Å²) in [6.07, 6.45) is 25.7. The number of hydrogen-bond acceptors (Lipinski definition) is 3. The third kappa shape index (κ3) is 10.1. The number of aliphatic hydroxyl groups is 2. The van der Waals surface area contributed by atoms with E-state index in [1.54, 1.807) is 12.2 Å². The average Bonchev–Trinajstić information content (AvgIpc) is 2.58. The molecule has 0 aliphatic heterocycles. The summed E-state index contributed by atoms with van der Waals surface area (Å²) in [6.45, 7) is 2.25. The lowest BCUT2D eigenvalue weighted by atomic mass is 9.99. The molecule has 0 aromatic carbocycles. The first-order valence-corrected chi connectivity index (χ1v) is 9.49. The number of unbranched alkanes of at least 4 members (excludes halogenated alkanes) is 7. The predicted octanol–water partition coefficient (Wildman–Crippen LogP) is 5.90. The van der Waals surface area contributed by atoms with E-state index in [1.165, 1.54) is 52.1 Å². The lowest BCUT2D eigenvalue weighted by Crippen LogP contribution is -2.31. The Morgan fingerprint density at radius 3 is 2.44 bits per heavy atom. The van der Waals surface area contributed by atoms with Gasteiger partial charge in [0.15, 0.2) is 5.79 Å². The van der Waals surface area contributed by atoms with Gasteiger partial charge in [0, 0.05) is 7.11 Å². The zero-order valence-electron chi connectivity index (χ0n) is 15.8. The first-order valence-electron chi connectivity index (χ1n) is 9.49. The lowest BCUT2D eigenvalue weighted by Gasteiger charge is -2.26. The summed E-state index contributed by atoms with van der Waals surface area (Å²) in [6, 6.07) is 0. The van der Waals surface area contributed by atoms with Crippen LogP contribution >= 0.6 is 0 Å². The highest BCUT2D eigenvalue weighted by molar-refractivity contribution is 5.38. The molecule has 25 heavy (non-hydrogen) atoms. The number of ether oxygens (including phenoxy) is 1. The molecule has 0 radical (unpaired) electrons. The molecule has 0 fully saturated rings. The molecule has 1 atom stereocenters. The van der Waals surface area contributed by atoms with Crippen LogP contribution in [0.4, 0.5) is 0 Å². The fraction of sp³-hybridized carbons (Fsp3) is 0.545. The van der Waals surface area contributed by atoms with Gasteiger partial charge >= 0.3 is 0 Å². The lowest BCUT2D eigenvalue weighted by molar-refractivity contribution is -0.149. The Hall–Kier alpha value is -1.58. The molecule has 0 amide bonds. The van der Waals surface area contributed by atoms with Gasteiger partial charge in [-0.15, -0.1) is 0 Å².